The summed E-state index contributed by atoms with van der Waals surface area (Å²) in [6, 6.07) is 7.61. The molecule has 20 heavy (non-hydrogen) atoms. The topological polar surface area (TPSA) is 58.2 Å². The second kappa shape index (κ2) is 5.58. The molecule has 3 rings (SSSR count). The Hall–Kier alpha value is -1.33. The fraction of sp³-hybridized carbons (Fsp3) is 0.467. The molecule has 0 radical (unpaired) electrons. The molecule has 0 bridgehead atoms. The molecule has 4 nitrogen and oxygen atoms in total. The average Bonchev–Trinajstić information content (AvgIpc) is 3.24. The van der Waals surface area contributed by atoms with Crippen molar-refractivity contribution in [2.45, 2.75) is 49.1 Å². The van der Waals surface area contributed by atoms with Gasteiger partial charge >= 0.3 is 0 Å². The Bertz CT molecular complexity index is 606. The maximum atomic E-state index is 12.4. The monoisotopic (exact) mass is 292 g/mol. The molecule has 1 unspecified atom stereocenters. The van der Waals surface area contributed by atoms with Crippen LogP contribution in [-0.2, 0) is 10.0 Å². The highest BCUT2D eigenvalue weighted by Gasteiger charge is 2.29. The molecule has 2 N–H and O–H groups in total. The van der Waals surface area contributed by atoms with Crippen molar-refractivity contribution in [3.05, 3.63) is 36.4 Å². The van der Waals surface area contributed by atoms with Gasteiger partial charge in [-0.05, 0) is 44.2 Å². The highest BCUT2D eigenvalue weighted by molar-refractivity contribution is 7.89. The van der Waals surface area contributed by atoms with Crippen LogP contribution >= 0.6 is 0 Å². The van der Waals surface area contributed by atoms with E-state index in [0.29, 0.717) is 16.6 Å². The molecule has 1 saturated carbocycles. The molecule has 108 valence electrons. The quantitative estimate of drug-likeness (QED) is 0.820. The van der Waals surface area contributed by atoms with Crippen LogP contribution in [0.2, 0.25) is 0 Å². The van der Waals surface area contributed by atoms with E-state index in [9.17, 15) is 8.42 Å². The van der Waals surface area contributed by atoms with Crippen LogP contribution in [0.4, 0.5) is 5.69 Å². The summed E-state index contributed by atoms with van der Waals surface area (Å²) in [5.41, 5.74) is 0.709. The van der Waals surface area contributed by atoms with Crippen LogP contribution in [0.5, 0.6) is 0 Å². The van der Waals surface area contributed by atoms with Crippen LogP contribution in [0.15, 0.2) is 41.3 Å². The first kappa shape index (κ1) is 13.6. The van der Waals surface area contributed by atoms with Gasteiger partial charge in [-0.15, -0.1) is 0 Å². The fourth-order valence-corrected chi connectivity index (χ4v) is 3.92. The van der Waals surface area contributed by atoms with Gasteiger partial charge in [0.25, 0.3) is 0 Å². The number of rotatable bonds is 5. The SMILES string of the molecule is O=S(=O)(NC1CC1)c1ccccc1NC1CC=CCC1. The van der Waals surface area contributed by atoms with E-state index in [1.165, 1.54) is 0 Å². The molecular formula is C15H20N2O2S. The van der Waals surface area contributed by atoms with E-state index in [2.05, 4.69) is 22.2 Å². The third-order valence-corrected chi connectivity index (χ3v) is 5.28. The van der Waals surface area contributed by atoms with Gasteiger partial charge in [-0.25, -0.2) is 13.1 Å². The molecule has 1 atom stereocenters. The first-order valence-corrected chi connectivity index (χ1v) is 8.66. The zero-order valence-electron chi connectivity index (χ0n) is 11.4. The van der Waals surface area contributed by atoms with Crippen LogP contribution in [0.1, 0.15) is 32.1 Å². The normalized spacial score (nSPS) is 22.7. The number of nitrogens with one attached hydrogen (secondary N) is 2. The predicted octanol–water partition coefficient (Wildman–Crippen LogP) is 2.65. The molecule has 2 aliphatic rings. The zero-order valence-corrected chi connectivity index (χ0v) is 12.2. The lowest BCUT2D eigenvalue weighted by molar-refractivity contribution is 0.580. The molecule has 2 aliphatic carbocycles. The van der Waals surface area contributed by atoms with Gasteiger partial charge in [0.1, 0.15) is 4.90 Å². The van der Waals surface area contributed by atoms with Gasteiger partial charge in [0.15, 0.2) is 0 Å². The van der Waals surface area contributed by atoms with E-state index >= 15 is 0 Å². The Morgan fingerprint density at radius 2 is 1.80 bits per heavy atom. The predicted molar refractivity (Wildman–Crippen MR) is 80.2 cm³/mol. The van der Waals surface area contributed by atoms with Crippen molar-refractivity contribution in [1.82, 2.24) is 4.72 Å². The molecule has 1 aromatic carbocycles. The van der Waals surface area contributed by atoms with Crippen LogP contribution in [0.3, 0.4) is 0 Å². The zero-order chi connectivity index (χ0) is 14.0. The second-order valence-corrected chi connectivity index (χ2v) is 7.20. The minimum Gasteiger partial charge on any atom is -0.381 e. The number of allylic oxidation sites excluding steroid dienone is 1. The van der Waals surface area contributed by atoms with Gasteiger partial charge in [0, 0.05) is 12.1 Å². The fourth-order valence-electron chi connectivity index (χ4n) is 2.45. The standard InChI is InChI=1S/C15H20N2O2S/c18-20(19,17-13-10-11-13)15-9-5-4-8-14(15)16-12-6-2-1-3-7-12/h1-2,4-5,8-9,12-13,16-17H,3,6-7,10-11H2. The second-order valence-electron chi connectivity index (χ2n) is 5.52. The molecule has 0 amide bonds. The van der Waals surface area contributed by atoms with Crippen LogP contribution in [0.25, 0.3) is 0 Å². The largest absolute Gasteiger partial charge is 0.381 e. The summed E-state index contributed by atoms with van der Waals surface area (Å²) in [5, 5.41) is 3.38. The number of hydrogen-bond donors (Lipinski definition) is 2. The maximum Gasteiger partial charge on any atom is 0.242 e. The maximum absolute atomic E-state index is 12.4. The molecule has 0 aliphatic heterocycles. The Labute approximate surface area is 120 Å². The Morgan fingerprint density at radius 3 is 2.50 bits per heavy atom. The highest BCUT2D eigenvalue weighted by Crippen LogP contribution is 2.27. The van der Waals surface area contributed by atoms with Crippen molar-refractivity contribution in [1.29, 1.82) is 0 Å². The molecule has 5 heteroatoms. The summed E-state index contributed by atoms with van der Waals surface area (Å²) in [7, 11) is -3.41. The minimum atomic E-state index is -3.41. The van der Waals surface area contributed by atoms with Gasteiger partial charge < -0.3 is 5.32 Å². The smallest absolute Gasteiger partial charge is 0.242 e. The van der Waals surface area contributed by atoms with E-state index in [4.69, 9.17) is 0 Å². The summed E-state index contributed by atoms with van der Waals surface area (Å²) >= 11 is 0. The minimum absolute atomic E-state index is 0.130. The molecule has 1 fully saturated rings. The average molecular weight is 292 g/mol. The van der Waals surface area contributed by atoms with Crippen LogP contribution in [0, 0.1) is 0 Å². The van der Waals surface area contributed by atoms with Crippen LogP contribution in [-0.4, -0.2) is 20.5 Å². The first-order chi connectivity index (χ1) is 9.65. The summed E-state index contributed by atoms with van der Waals surface area (Å²) in [4.78, 5) is 0.362. The van der Waals surface area contributed by atoms with E-state index in [0.717, 1.165) is 32.1 Å². The van der Waals surface area contributed by atoms with Crippen molar-refractivity contribution < 1.29 is 8.42 Å². The Balaban J connectivity index is 1.81. The van der Waals surface area contributed by atoms with Crippen molar-refractivity contribution in [2.24, 2.45) is 0 Å². The lowest BCUT2D eigenvalue weighted by Crippen LogP contribution is -2.28. The molecule has 0 spiro atoms. The molecular weight excluding hydrogens is 272 g/mol. The summed E-state index contributed by atoms with van der Waals surface area (Å²) < 4.78 is 27.5. The van der Waals surface area contributed by atoms with Crippen molar-refractivity contribution in [3.63, 3.8) is 0 Å². The van der Waals surface area contributed by atoms with E-state index in [1.807, 2.05) is 12.1 Å². The summed E-state index contributed by atoms with van der Waals surface area (Å²) in [6.07, 6.45) is 9.26. The number of hydrogen-bond acceptors (Lipinski definition) is 3. The number of sulfonamides is 1. The van der Waals surface area contributed by atoms with Gasteiger partial charge in [-0.3, -0.25) is 0 Å². The molecule has 1 aromatic rings. The Kier molecular flexibility index (Phi) is 3.81. The van der Waals surface area contributed by atoms with Crippen molar-refractivity contribution >= 4 is 15.7 Å². The summed E-state index contributed by atoms with van der Waals surface area (Å²) in [6.45, 7) is 0. The first-order valence-electron chi connectivity index (χ1n) is 7.18. The molecule has 0 aromatic heterocycles. The van der Waals surface area contributed by atoms with Gasteiger partial charge in [0.2, 0.25) is 10.0 Å². The van der Waals surface area contributed by atoms with E-state index < -0.39 is 10.0 Å². The van der Waals surface area contributed by atoms with E-state index in [1.54, 1.807) is 12.1 Å². The van der Waals surface area contributed by atoms with Crippen molar-refractivity contribution in [2.75, 3.05) is 5.32 Å². The van der Waals surface area contributed by atoms with Crippen molar-refractivity contribution in [3.8, 4) is 0 Å². The van der Waals surface area contributed by atoms with E-state index in [-0.39, 0.29) is 6.04 Å². The van der Waals surface area contributed by atoms with Gasteiger partial charge in [0.05, 0.1) is 5.69 Å². The van der Waals surface area contributed by atoms with Gasteiger partial charge in [-0.2, -0.15) is 0 Å². The number of para-hydroxylation sites is 1. The van der Waals surface area contributed by atoms with Crippen LogP contribution < -0.4 is 10.0 Å². The Morgan fingerprint density at radius 1 is 1.00 bits per heavy atom. The highest BCUT2D eigenvalue weighted by atomic mass is 32.2. The number of anilines is 1. The third kappa shape index (κ3) is 3.22. The summed E-state index contributed by atoms with van der Waals surface area (Å²) in [5.74, 6) is 0. The van der Waals surface area contributed by atoms with Gasteiger partial charge in [-0.1, -0.05) is 24.3 Å². The third-order valence-electron chi connectivity index (χ3n) is 3.70. The lowest BCUT2D eigenvalue weighted by Gasteiger charge is -2.22. The molecule has 0 heterocycles. The number of benzene rings is 1. The molecule has 0 saturated heterocycles. The lowest BCUT2D eigenvalue weighted by atomic mass is 10.0.